The highest BCUT2D eigenvalue weighted by atomic mass is 32.2. The van der Waals surface area contributed by atoms with Crippen molar-refractivity contribution in [2.75, 3.05) is 30.3 Å². The number of carbonyl (C=O) groups is 1. The summed E-state index contributed by atoms with van der Waals surface area (Å²) in [6.45, 7) is 7.24. The van der Waals surface area contributed by atoms with Crippen LogP contribution in [0.2, 0.25) is 0 Å². The molecule has 2 heterocycles. The first-order valence-corrected chi connectivity index (χ1v) is 14.1. The van der Waals surface area contributed by atoms with Crippen molar-refractivity contribution in [1.29, 1.82) is 0 Å². The number of aromatic nitrogens is 2. The Morgan fingerprint density at radius 2 is 1.69 bits per heavy atom. The molecule has 0 saturated carbocycles. The highest BCUT2D eigenvalue weighted by molar-refractivity contribution is 7.89. The molecule has 1 saturated heterocycles. The molecule has 36 heavy (non-hydrogen) atoms. The second-order valence-corrected chi connectivity index (χ2v) is 11.6. The number of nitrogens with two attached hydrogens (primary N) is 1. The summed E-state index contributed by atoms with van der Waals surface area (Å²) >= 11 is 0. The Labute approximate surface area is 212 Å². The number of hydrogen-bond donors (Lipinski definition) is 2. The van der Waals surface area contributed by atoms with Crippen LogP contribution in [-0.2, 0) is 16.6 Å². The molecule has 198 valence electrons. The molecule has 3 rings (SSSR count). The summed E-state index contributed by atoms with van der Waals surface area (Å²) in [7, 11) is -3.66. The van der Waals surface area contributed by atoms with Crippen LogP contribution in [0.15, 0.2) is 38.8 Å². The molecule has 0 aliphatic carbocycles. The van der Waals surface area contributed by atoms with Crippen molar-refractivity contribution >= 4 is 27.4 Å². The summed E-state index contributed by atoms with van der Waals surface area (Å²) in [5.74, 6) is -0.571. The first kappa shape index (κ1) is 27.7. The number of unbranched alkanes of at least 4 members (excludes halogenated alkanes) is 1. The van der Waals surface area contributed by atoms with E-state index < -0.39 is 27.2 Å². The minimum absolute atomic E-state index is 0.00791. The van der Waals surface area contributed by atoms with Crippen molar-refractivity contribution in [3.8, 4) is 0 Å². The van der Waals surface area contributed by atoms with Gasteiger partial charge in [0.2, 0.25) is 10.0 Å². The average molecular weight is 520 g/mol. The van der Waals surface area contributed by atoms with E-state index in [-0.39, 0.29) is 34.4 Å². The van der Waals surface area contributed by atoms with Gasteiger partial charge in [0.15, 0.2) is 5.69 Å². The molecule has 1 amide bonds. The van der Waals surface area contributed by atoms with Crippen LogP contribution in [0.25, 0.3) is 0 Å². The van der Waals surface area contributed by atoms with Crippen molar-refractivity contribution < 1.29 is 13.2 Å². The Balaban J connectivity index is 1.98. The summed E-state index contributed by atoms with van der Waals surface area (Å²) in [5, 5.41) is 0. The average Bonchev–Trinajstić information content (AvgIpc) is 3.13. The van der Waals surface area contributed by atoms with Gasteiger partial charge in [-0.05, 0) is 49.4 Å². The predicted molar refractivity (Wildman–Crippen MR) is 141 cm³/mol. The number of H-pyrrole nitrogens is 1. The second kappa shape index (κ2) is 11.9. The zero-order valence-corrected chi connectivity index (χ0v) is 22.1. The topological polar surface area (TPSA) is 139 Å². The maximum atomic E-state index is 13.6. The molecule has 10 nitrogen and oxygen atoms in total. The lowest BCUT2D eigenvalue weighted by molar-refractivity contribution is 0.0983. The molecule has 2 aromatic rings. The number of rotatable bonds is 9. The van der Waals surface area contributed by atoms with E-state index in [9.17, 15) is 22.8 Å². The monoisotopic (exact) mass is 519 g/mol. The lowest BCUT2D eigenvalue weighted by atomic mass is 10.1. The predicted octanol–water partition coefficient (Wildman–Crippen LogP) is 2.79. The minimum atomic E-state index is -3.66. The zero-order valence-electron chi connectivity index (χ0n) is 21.3. The van der Waals surface area contributed by atoms with Gasteiger partial charge in [0.25, 0.3) is 11.5 Å². The van der Waals surface area contributed by atoms with Gasteiger partial charge in [0.05, 0.1) is 4.90 Å². The number of amides is 1. The van der Waals surface area contributed by atoms with Crippen LogP contribution in [0.3, 0.4) is 0 Å². The Hall–Kier alpha value is -2.92. The number of nitrogens with one attached hydrogen (secondary N) is 1. The number of nitrogen functional groups attached to an aromatic ring is 1. The van der Waals surface area contributed by atoms with Crippen LogP contribution in [0.1, 0.15) is 69.7 Å². The number of hydrogen-bond acceptors (Lipinski definition) is 6. The third-order valence-corrected chi connectivity index (χ3v) is 8.23. The van der Waals surface area contributed by atoms with Crippen LogP contribution in [0.5, 0.6) is 0 Å². The second-order valence-electron chi connectivity index (χ2n) is 9.65. The summed E-state index contributed by atoms with van der Waals surface area (Å²) in [4.78, 5) is 42.4. The molecular weight excluding hydrogens is 482 g/mol. The number of nitrogens with zero attached hydrogens (tertiary/aromatic N) is 3. The molecule has 1 aromatic carbocycles. The highest BCUT2D eigenvalue weighted by Crippen LogP contribution is 2.24. The molecular formula is C25H37N5O5S. The maximum absolute atomic E-state index is 13.6. The van der Waals surface area contributed by atoms with Gasteiger partial charge in [-0.1, -0.05) is 40.0 Å². The van der Waals surface area contributed by atoms with Gasteiger partial charge >= 0.3 is 5.69 Å². The van der Waals surface area contributed by atoms with Crippen LogP contribution in [0.4, 0.5) is 11.5 Å². The van der Waals surface area contributed by atoms with Gasteiger partial charge in [0.1, 0.15) is 5.82 Å². The van der Waals surface area contributed by atoms with E-state index in [1.54, 1.807) is 0 Å². The van der Waals surface area contributed by atoms with Crippen LogP contribution < -0.4 is 21.9 Å². The first-order valence-electron chi connectivity index (χ1n) is 12.6. The number of anilines is 2. The van der Waals surface area contributed by atoms with Gasteiger partial charge < -0.3 is 10.6 Å². The van der Waals surface area contributed by atoms with E-state index >= 15 is 0 Å². The molecule has 1 fully saturated rings. The molecule has 1 aliphatic heterocycles. The fourth-order valence-corrected chi connectivity index (χ4v) is 5.89. The fourth-order valence-electron chi connectivity index (χ4n) is 4.37. The largest absolute Gasteiger partial charge is 0.383 e. The molecule has 0 spiro atoms. The fraction of sp³-hybridized carbons (Fsp3) is 0.560. The summed E-state index contributed by atoms with van der Waals surface area (Å²) < 4.78 is 29.0. The molecule has 1 aliphatic rings. The SMILES string of the molecule is CCCCn1c(N)c(N(CC(C)C)C(=O)c2ccc(S(=O)(=O)N3CCCCCC3)cc2)c(=O)[nH]c1=O. The maximum Gasteiger partial charge on any atom is 0.330 e. The zero-order chi connectivity index (χ0) is 26.5. The highest BCUT2D eigenvalue weighted by Gasteiger charge is 2.28. The lowest BCUT2D eigenvalue weighted by Crippen LogP contribution is -2.42. The van der Waals surface area contributed by atoms with Gasteiger partial charge in [-0.3, -0.25) is 19.1 Å². The minimum Gasteiger partial charge on any atom is -0.383 e. The lowest BCUT2D eigenvalue weighted by Gasteiger charge is -2.26. The molecule has 1 aromatic heterocycles. The third kappa shape index (κ3) is 6.07. The molecule has 3 N–H and O–H groups in total. The summed E-state index contributed by atoms with van der Waals surface area (Å²) in [5.41, 5.74) is 5.05. The summed E-state index contributed by atoms with van der Waals surface area (Å²) in [6.07, 6.45) is 5.19. The van der Waals surface area contributed by atoms with E-state index in [2.05, 4.69) is 4.98 Å². The molecule has 11 heteroatoms. The van der Waals surface area contributed by atoms with E-state index in [0.29, 0.717) is 26.1 Å². The Morgan fingerprint density at radius 3 is 2.25 bits per heavy atom. The number of carbonyl (C=O) groups excluding carboxylic acids is 1. The number of sulfonamides is 1. The normalized spacial score (nSPS) is 15.1. The Kier molecular flexibility index (Phi) is 9.13. The van der Waals surface area contributed by atoms with Gasteiger partial charge in [-0.15, -0.1) is 0 Å². The van der Waals surface area contributed by atoms with Gasteiger partial charge in [-0.25, -0.2) is 13.2 Å². The first-order chi connectivity index (χ1) is 17.1. The van der Waals surface area contributed by atoms with Crippen LogP contribution in [0, 0.1) is 5.92 Å². The van der Waals surface area contributed by atoms with E-state index in [1.807, 2.05) is 20.8 Å². The van der Waals surface area contributed by atoms with Crippen molar-refractivity contribution in [2.24, 2.45) is 5.92 Å². The van der Waals surface area contributed by atoms with E-state index in [0.717, 1.165) is 32.1 Å². The smallest absolute Gasteiger partial charge is 0.330 e. The number of aromatic amines is 1. The van der Waals surface area contributed by atoms with Crippen molar-refractivity contribution in [2.45, 2.75) is 70.7 Å². The van der Waals surface area contributed by atoms with E-state index in [1.165, 1.54) is 38.0 Å². The van der Waals surface area contributed by atoms with Crippen LogP contribution in [-0.4, -0.2) is 47.8 Å². The molecule has 0 bridgehead atoms. The Bertz CT molecular complexity index is 1270. The third-order valence-electron chi connectivity index (χ3n) is 6.32. The quantitative estimate of drug-likeness (QED) is 0.522. The number of benzene rings is 1. The molecule has 0 atom stereocenters. The summed E-state index contributed by atoms with van der Waals surface area (Å²) in [6, 6.07) is 5.77. The van der Waals surface area contributed by atoms with Crippen LogP contribution >= 0.6 is 0 Å². The van der Waals surface area contributed by atoms with Crippen molar-refractivity contribution in [1.82, 2.24) is 13.9 Å². The standard InChI is InChI=1S/C25H37N5O5S/c1-4-5-16-29-22(26)21(23(31)27-25(29)33)30(17-18(2)3)24(32)19-10-12-20(13-11-19)36(34,35)28-14-8-6-7-9-15-28/h10-13,18H,4-9,14-17,26H2,1-3H3,(H,27,31,33). The van der Waals surface area contributed by atoms with Gasteiger partial charge in [0, 0.05) is 31.7 Å². The van der Waals surface area contributed by atoms with E-state index in [4.69, 9.17) is 5.73 Å². The van der Waals surface area contributed by atoms with Crippen molar-refractivity contribution in [3.05, 3.63) is 50.7 Å². The van der Waals surface area contributed by atoms with Crippen molar-refractivity contribution in [3.63, 3.8) is 0 Å². The van der Waals surface area contributed by atoms with Gasteiger partial charge in [-0.2, -0.15) is 4.31 Å². The molecule has 0 unspecified atom stereocenters. The molecule has 0 radical (unpaired) electrons. The Morgan fingerprint density at radius 1 is 1.08 bits per heavy atom.